The Balaban J connectivity index is 1.05. The number of aromatic amines is 1. The van der Waals surface area contributed by atoms with Crippen molar-refractivity contribution in [2.24, 2.45) is 16.4 Å². The summed E-state index contributed by atoms with van der Waals surface area (Å²) in [5.74, 6) is 0.379. The predicted octanol–water partition coefficient (Wildman–Crippen LogP) is 4.59. The van der Waals surface area contributed by atoms with Gasteiger partial charge in [-0.05, 0) is 72.8 Å². The number of rotatable bonds is 7. The molecule has 16 heteroatoms. The fourth-order valence-corrected chi connectivity index (χ4v) is 8.24. The number of hydrogen-bond acceptors (Lipinski definition) is 8. The number of carbonyl (C=O) groups is 3. The number of hydrogen-bond donors (Lipinski definition) is 6. The van der Waals surface area contributed by atoms with Crippen LogP contribution >= 0.6 is 0 Å². The number of para-hydroxylation sites is 1. The van der Waals surface area contributed by atoms with Crippen molar-refractivity contribution >= 4 is 40.6 Å². The fraction of sp³-hybridized carbons (Fsp3) is 0.528. The number of urea groups is 2. The van der Waals surface area contributed by atoms with Gasteiger partial charge in [0.25, 0.3) is 0 Å². The predicted molar refractivity (Wildman–Crippen MR) is 194 cm³/mol. The Morgan fingerprint density at radius 3 is 2.67 bits per heavy atom. The summed E-state index contributed by atoms with van der Waals surface area (Å²) in [6.45, 7) is 10.5. The van der Waals surface area contributed by atoms with E-state index in [1.807, 2.05) is 18.0 Å². The van der Waals surface area contributed by atoms with Gasteiger partial charge in [0, 0.05) is 56.6 Å². The van der Waals surface area contributed by atoms with Gasteiger partial charge in [-0.2, -0.15) is 5.10 Å². The van der Waals surface area contributed by atoms with E-state index in [0.29, 0.717) is 70.7 Å². The molecule has 278 valence electrons. The maximum Gasteiger partial charge on any atom is 0.407 e. The lowest BCUT2D eigenvalue weighted by molar-refractivity contribution is 0.0338. The number of amides is 5. The first-order valence-corrected chi connectivity index (χ1v) is 18.0. The molecular weight excluding hydrogens is 669 g/mol. The second-order valence-corrected chi connectivity index (χ2v) is 15.6. The summed E-state index contributed by atoms with van der Waals surface area (Å²) in [6.07, 6.45) is 3.97. The summed E-state index contributed by atoms with van der Waals surface area (Å²) in [5, 5.41) is 30.7. The highest BCUT2D eigenvalue weighted by molar-refractivity contribution is 5.93. The molecule has 7 rings (SSSR count). The number of nitrogens with zero attached hydrogens (tertiary/aromatic N) is 6. The van der Waals surface area contributed by atoms with Gasteiger partial charge in [0.05, 0.1) is 23.4 Å². The Morgan fingerprint density at radius 2 is 1.92 bits per heavy atom. The van der Waals surface area contributed by atoms with Crippen LogP contribution in [0.2, 0.25) is 0 Å². The largest absolute Gasteiger partial charge is 0.465 e. The molecule has 0 spiro atoms. The van der Waals surface area contributed by atoms with Crippen molar-refractivity contribution in [2.75, 3.05) is 31.5 Å². The van der Waals surface area contributed by atoms with Gasteiger partial charge in [-0.3, -0.25) is 10.1 Å². The monoisotopic (exact) mass is 717 g/mol. The average Bonchev–Trinajstić information content (AvgIpc) is 3.78. The van der Waals surface area contributed by atoms with Gasteiger partial charge < -0.3 is 30.4 Å². The topological polar surface area (TPSA) is 174 Å². The van der Waals surface area contributed by atoms with Crippen LogP contribution in [0.4, 0.5) is 24.5 Å². The summed E-state index contributed by atoms with van der Waals surface area (Å²) >= 11 is 0. The Labute approximate surface area is 301 Å². The third kappa shape index (κ3) is 7.16. The smallest absolute Gasteiger partial charge is 0.407 e. The van der Waals surface area contributed by atoms with E-state index in [1.165, 1.54) is 6.07 Å². The van der Waals surface area contributed by atoms with Crippen molar-refractivity contribution in [2.45, 2.75) is 84.5 Å². The molecule has 0 bridgehead atoms. The van der Waals surface area contributed by atoms with Crippen LogP contribution in [0.25, 0.3) is 10.9 Å². The molecule has 52 heavy (non-hydrogen) atoms. The molecule has 4 aliphatic heterocycles. The summed E-state index contributed by atoms with van der Waals surface area (Å²) in [4.78, 5) is 44.1. The second kappa shape index (κ2) is 14.1. The number of halogens is 1. The minimum absolute atomic E-state index is 0.0894. The molecule has 6 N–H and O–H groups in total. The number of aromatic nitrogens is 2. The van der Waals surface area contributed by atoms with Crippen LogP contribution in [0.5, 0.6) is 0 Å². The van der Waals surface area contributed by atoms with E-state index in [2.05, 4.69) is 69.9 Å². The number of H-pyrrole nitrogens is 1. The molecule has 2 aromatic carbocycles. The molecule has 0 radical (unpaired) electrons. The highest BCUT2D eigenvalue weighted by Gasteiger charge is 2.41. The molecule has 15 nitrogen and oxygen atoms in total. The number of benzene rings is 2. The summed E-state index contributed by atoms with van der Waals surface area (Å²) in [7, 11) is 0. The van der Waals surface area contributed by atoms with E-state index in [-0.39, 0.29) is 41.2 Å². The molecule has 2 saturated heterocycles. The van der Waals surface area contributed by atoms with Gasteiger partial charge in [-0.25, -0.2) is 24.3 Å². The number of carboxylic acid groups (broad SMARTS) is 1. The number of nitrogens with one attached hydrogen (secondary N) is 5. The third-order valence-electron chi connectivity index (χ3n) is 11.0. The highest BCUT2D eigenvalue weighted by Crippen LogP contribution is 2.35. The van der Waals surface area contributed by atoms with Gasteiger partial charge in [-0.1, -0.05) is 39.0 Å². The summed E-state index contributed by atoms with van der Waals surface area (Å²) < 4.78 is 14.3. The number of aryl methyl sites for hydroxylation is 1. The van der Waals surface area contributed by atoms with E-state index in [4.69, 9.17) is 0 Å². The molecule has 3 atom stereocenters. The summed E-state index contributed by atoms with van der Waals surface area (Å²) in [6, 6.07) is 7.69. The number of piperidine rings is 2. The average molecular weight is 718 g/mol. The SMILES string of the molecule is Cc1cc(CC(NC(=O)N2CCC(N3Cc4cccc(F)c4NC3=O)CC2)C2=NNNN2CC2CCN(C(=O)O)C(C(C)(C)C)C2)cc2cn[nH]c12. The number of anilines is 1. The lowest BCUT2D eigenvalue weighted by atomic mass is 9.77. The molecule has 3 unspecified atom stereocenters. The van der Waals surface area contributed by atoms with Gasteiger partial charge >= 0.3 is 18.2 Å². The Bertz CT molecular complexity index is 1870. The molecule has 0 aliphatic carbocycles. The first kappa shape index (κ1) is 35.3. The van der Waals surface area contributed by atoms with Crippen LogP contribution in [-0.2, 0) is 13.0 Å². The van der Waals surface area contributed by atoms with Crippen LogP contribution < -0.4 is 21.7 Å². The zero-order chi connectivity index (χ0) is 36.7. The number of likely N-dealkylation sites (tertiary alicyclic amines) is 2. The van der Waals surface area contributed by atoms with Crippen LogP contribution in [0.3, 0.4) is 0 Å². The second-order valence-electron chi connectivity index (χ2n) is 15.6. The molecule has 0 saturated carbocycles. The summed E-state index contributed by atoms with van der Waals surface area (Å²) in [5.41, 5.74) is 9.83. The van der Waals surface area contributed by atoms with Gasteiger partial charge in [-0.15, -0.1) is 10.6 Å². The maximum absolute atomic E-state index is 14.3. The first-order chi connectivity index (χ1) is 24.9. The van der Waals surface area contributed by atoms with Gasteiger partial charge in [0.1, 0.15) is 5.82 Å². The van der Waals surface area contributed by atoms with Crippen LogP contribution in [0.1, 0.15) is 63.1 Å². The minimum atomic E-state index is -0.891. The molecule has 2 fully saturated rings. The van der Waals surface area contributed by atoms with Crippen LogP contribution in [0, 0.1) is 24.1 Å². The maximum atomic E-state index is 14.3. The van der Waals surface area contributed by atoms with E-state index >= 15 is 0 Å². The molecule has 4 aliphatic rings. The Kier molecular flexibility index (Phi) is 9.59. The zero-order valence-electron chi connectivity index (χ0n) is 30.1. The van der Waals surface area contributed by atoms with Crippen LogP contribution in [-0.4, -0.2) is 103 Å². The van der Waals surface area contributed by atoms with Gasteiger partial charge in [0.15, 0.2) is 5.84 Å². The lowest BCUT2D eigenvalue weighted by Gasteiger charge is -2.45. The van der Waals surface area contributed by atoms with Crippen molar-refractivity contribution < 1.29 is 23.9 Å². The molecule has 3 aromatic rings. The number of amidine groups is 1. The number of hydrazine groups is 2. The Hall–Kier alpha value is -5.12. The van der Waals surface area contributed by atoms with Crippen molar-refractivity contribution in [3.05, 3.63) is 59.0 Å². The molecule has 5 amide bonds. The zero-order valence-corrected chi connectivity index (χ0v) is 30.1. The highest BCUT2D eigenvalue weighted by atomic mass is 19.1. The minimum Gasteiger partial charge on any atom is -0.465 e. The van der Waals surface area contributed by atoms with Gasteiger partial charge in [0.2, 0.25) is 0 Å². The van der Waals surface area contributed by atoms with Crippen molar-refractivity contribution in [1.82, 2.24) is 46.3 Å². The Morgan fingerprint density at radius 1 is 1.13 bits per heavy atom. The lowest BCUT2D eigenvalue weighted by Crippen LogP contribution is -2.58. The van der Waals surface area contributed by atoms with Crippen molar-refractivity contribution in [3.63, 3.8) is 0 Å². The fourth-order valence-electron chi connectivity index (χ4n) is 8.24. The molecule has 1 aromatic heterocycles. The first-order valence-electron chi connectivity index (χ1n) is 18.0. The van der Waals surface area contributed by atoms with E-state index in [1.54, 1.807) is 27.0 Å². The normalized spacial score (nSPS) is 21.8. The standard InChI is InChI=1S/C36H48FN11O4/c1-21-14-23(15-25-18-38-41-30(21)25)16-28(32-42-43-44-48(32)19-22-8-13-46(35(51)52)29(17-22)36(2,3)4)39-33(49)45-11-9-26(10-12-45)47-20-24-6-5-7-27(37)31(24)40-34(47)50/h5-7,14-15,18,22,26,28-29,43-44H,8-13,16-17,19-20H2,1-4H3,(H,38,41)(H,39,49)(H,40,50)(H,51,52). The van der Waals surface area contributed by atoms with Crippen LogP contribution in [0.15, 0.2) is 41.6 Å². The number of hydrazone groups is 1. The van der Waals surface area contributed by atoms with Crippen molar-refractivity contribution in [1.29, 1.82) is 0 Å². The molecule has 5 heterocycles. The van der Waals surface area contributed by atoms with Crippen molar-refractivity contribution in [3.8, 4) is 0 Å². The molecular formula is C36H48FN11O4. The van der Waals surface area contributed by atoms with E-state index < -0.39 is 18.0 Å². The quantitative estimate of drug-likeness (QED) is 0.206. The van der Waals surface area contributed by atoms with E-state index in [0.717, 1.165) is 27.6 Å². The third-order valence-corrected chi connectivity index (χ3v) is 11.0. The van der Waals surface area contributed by atoms with E-state index in [9.17, 15) is 23.9 Å². The number of carbonyl (C=O) groups excluding carboxylic acids is 2. The number of fused-ring (bicyclic) bond motifs is 2.